The Morgan fingerprint density at radius 3 is 2.79 bits per heavy atom. The zero-order chi connectivity index (χ0) is 14.0. The maximum absolute atomic E-state index is 12.4. The minimum absolute atomic E-state index is 0.147. The second-order valence-electron chi connectivity index (χ2n) is 3.89. The molecule has 0 aliphatic carbocycles. The van der Waals surface area contributed by atoms with Crippen molar-refractivity contribution < 1.29 is 18.6 Å². The molecule has 2 N–H and O–H groups in total. The molecule has 102 valence electrons. The number of aryl methyl sites for hydroxylation is 1. The molecule has 0 aliphatic heterocycles. The van der Waals surface area contributed by atoms with E-state index in [1.54, 1.807) is 6.92 Å². The topological polar surface area (TPSA) is 75.2 Å². The zero-order valence-electron chi connectivity index (χ0n) is 10.1. The van der Waals surface area contributed by atoms with E-state index in [0.29, 0.717) is 12.0 Å². The molecule has 0 saturated carbocycles. The average Bonchev–Trinajstić information content (AvgIpc) is 2.36. The summed E-state index contributed by atoms with van der Waals surface area (Å²) in [7, 11) is 0. The van der Waals surface area contributed by atoms with Crippen LogP contribution >= 0.6 is 0 Å². The summed E-state index contributed by atoms with van der Waals surface area (Å²) < 4.78 is 29.1. The summed E-state index contributed by atoms with van der Waals surface area (Å²) in [5, 5.41) is 9.07. The molecule has 0 aliphatic rings. The van der Waals surface area contributed by atoms with E-state index in [-0.39, 0.29) is 34.6 Å². The SMILES string of the molecule is CCc1nc2c(OC(F)F)cc(CO)cc2[nH]c1=O. The molecule has 0 spiro atoms. The number of benzene rings is 1. The summed E-state index contributed by atoms with van der Waals surface area (Å²) >= 11 is 0. The molecule has 2 rings (SSSR count). The van der Waals surface area contributed by atoms with Crippen LogP contribution in [0.2, 0.25) is 0 Å². The molecule has 0 amide bonds. The van der Waals surface area contributed by atoms with E-state index in [0.717, 1.165) is 0 Å². The number of alkyl halides is 2. The van der Waals surface area contributed by atoms with E-state index in [9.17, 15) is 13.6 Å². The number of ether oxygens (including phenoxy) is 1. The fraction of sp³-hybridized carbons (Fsp3) is 0.333. The molecule has 0 fully saturated rings. The third-order valence-corrected chi connectivity index (χ3v) is 2.63. The second kappa shape index (κ2) is 5.31. The van der Waals surface area contributed by atoms with Crippen molar-refractivity contribution >= 4 is 11.0 Å². The molecule has 5 nitrogen and oxygen atoms in total. The smallest absolute Gasteiger partial charge is 0.387 e. The number of aliphatic hydroxyl groups is 1. The molecule has 1 aromatic heterocycles. The number of aromatic amines is 1. The fourth-order valence-electron chi connectivity index (χ4n) is 1.77. The van der Waals surface area contributed by atoms with Gasteiger partial charge in [-0.3, -0.25) is 4.79 Å². The predicted molar refractivity (Wildman–Crippen MR) is 64.3 cm³/mol. The van der Waals surface area contributed by atoms with Gasteiger partial charge < -0.3 is 14.8 Å². The number of nitrogens with zero attached hydrogens (tertiary/aromatic N) is 1. The normalized spacial score (nSPS) is 11.2. The monoisotopic (exact) mass is 270 g/mol. The molecule has 0 unspecified atom stereocenters. The van der Waals surface area contributed by atoms with Crippen LogP contribution in [0.15, 0.2) is 16.9 Å². The first-order valence-corrected chi connectivity index (χ1v) is 5.66. The van der Waals surface area contributed by atoms with Gasteiger partial charge in [-0.15, -0.1) is 0 Å². The van der Waals surface area contributed by atoms with E-state index >= 15 is 0 Å². The Morgan fingerprint density at radius 1 is 1.47 bits per heavy atom. The highest BCUT2D eigenvalue weighted by molar-refractivity contribution is 5.81. The summed E-state index contributed by atoms with van der Waals surface area (Å²) in [6.07, 6.45) is 0.376. The zero-order valence-corrected chi connectivity index (χ0v) is 10.1. The molecule has 0 bridgehead atoms. The van der Waals surface area contributed by atoms with Crippen LogP contribution in [0, 0.1) is 0 Å². The van der Waals surface area contributed by atoms with Crippen LogP contribution in [0.1, 0.15) is 18.2 Å². The molecule has 19 heavy (non-hydrogen) atoms. The van der Waals surface area contributed by atoms with Crippen LogP contribution in [-0.4, -0.2) is 21.7 Å². The van der Waals surface area contributed by atoms with Crippen LogP contribution < -0.4 is 10.3 Å². The maximum atomic E-state index is 12.4. The quantitative estimate of drug-likeness (QED) is 0.884. The maximum Gasteiger partial charge on any atom is 0.387 e. The number of rotatable bonds is 4. The molecular weight excluding hydrogens is 258 g/mol. The van der Waals surface area contributed by atoms with Gasteiger partial charge in [0.1, 0.15) is 11.2 Å². The number of H-pyrrole nitrogens is 1. The van der Waals surface area contributed by atoms with Crippen molar-refractivity contribution in [3.8, 4) is 5.75 Å². The Bertz CT molecular complexity index is 655. The van der Waals surface area contributed by atoms with Gasteiger partial charge in [0.25, 0.3) is 5.56 Å². The van der Waals surface area contributed by atoms with Crippen LogP contribution in [0.25, 0.3) is 11.0 Å². The summed E-state index contributed by atoms with van der Waals surface area (Å²) in [4.78, 5) is 18.2. The summed E-state index contributed by atoms with van der Waals surface area (Å²) in [5.41, 5.74) is 0.611. The van der Waals surface area contributed by atoms with E-state index in [4.69, 9.17) is 5.11 Å². The lowest BCUT2D eigenvalue weighted by Gasteiger charge is -2.10. The minimum atomic E-state index is -3.00. The van der Waals surface area contributed by atoms with E-state index < -0.39 is 6.61 Å². The van der Waals surface area contributed by atoms with Gasteiger partial charge in [-0.05, 0) is 24.1 Å². The number of nitrogens with one attached hydrogen (secondary N) is 1. The van der Waals surface area contributed by atoms with Gasteiger partial charge in [0.15, 0.2) is 5.75 Å². The number of aromatic nitrogens is 2. The summed E-state index contributed by atoms with van der Waals surface area (Å²) in [6.45, 7) is -1.62. The Labute approximate surface area is 106 Å². The number of fused-ring (bicyclic) bond motifs is 1. The number of aliphatic hydroxyl groups excluding tert-OH is 1. The van der Waals surface area contributed by atoms with E-state index in [1.807, 2.05) is 0 Å². The Kier molecular flexibility index (Phi) is 3.75. The minimum Gasteiger partial charge on any atom is -0.432 e. The van der Waals surface area contributed by atoms with Gasteiger partial charge in [0.05, 0.1) is 12.1 Å². The molecule has 1 aromatic carbocycles. The van der Waals surface area contributed by atoms with Gasteiger partial charge in [0.2, 0.25) is 0 Å². The standard InChI is InChI=1S/C12H12F2N2O3/c1-2-7-11(18)16-8-3-6(5-17)4-9(10(8)15-7)19-12(13)14/h3-4,12,17H,2,5H2,1H3,(H,16,18). The van der Waals surface area contributed by atoms with Crippen molar-refractivity contribution in [1.82, 2.24) is 9.97 Å². The highest BCUT2D eigenvalue weighted by Crippen LogP contribution is 2.26. The van der Waals surface area contributed by atoms with Crippen molar-refractivity contribution in [2.24, 2.45) is 0 Å². The molecule has 0 saturated heterocycles. The van der Waals surface area contributed by atoms with E-state index in [1.165, 1.54) is 12.1 Å². The van der Waals surface area contributed by atoms with Gasteiger partial charge in [0, 0.05) is 0 Å². The predicted octanol–water partition coefficient (Wildman–Crippen LogP) is 1.58. The highest BCUT2D eigenvalue weighted by Gasteiger charge is 2.13. The average molecular weight is 270 g/mol. The number of halogens is 2. The van der Waals surface area contributed by atoms with Crippen molar-refractivity contribution in [3.05, 3.63) is 33.7 Å². The molecule has 2 aromatic rings. The summed E-state index contributed by atoms with van der Waals surface area (Å²) in [6, 6.07) is 2.75. The first-order chi connectivity index (χ1) is 9.05. The third-order valence-electron chi connectivity index (χ3n) is 2.63. The molecule has 0 radical (unpaired) electrons. The van der Waals surface area contributed by atoms with Crippen molar-refractivity contribution in [2.75, 3.05) is 0 Å². The third kappa shape index (κ3) is 2.70. The lowest BCUT2D eigenvalue weighted by molar-refractivity contribution is -0.0490. The van der Waals surface area contributed by atoms with Crippen LogP contribution in [0.4, 0.5) is 8.78 Å². The molecule has 0 atom stereocenters. The van der Waals surface area contributed by atoms with Gasteiger partial charge in [-0.25, -0.2) is 4.98 Å². The first-order valence-electron chi connectivity index (χ1n) is 5.66. The van der Waals surface area contributed by atoms with Crippen LogP contribution in [-0.2, 0) is 13.0 Å². The van der Waals surface area contributed by atoms with Gasteiger partial charge in [-0.1, -0.05) is 6.92 Å². The lowest BCUT2D eigenvalue weighted by Crippen LogP contribution is -2.15. The largest absolute Gasteiger partial charge is 0.432 e. The second-order valence-corrected chi connectivity index (χ2v) is 3.89. The first kappa shape index (κ1) is 13.4. The Morgan fingerprint density at radius 2 is 2.21 bits per heavy atom. The van der Waals surface area contributed by atoms with Gasteiger partial charge in [-0.2, -0.15) is 8.78 Å². The van der Waals surface area contributed by atoms with Crippen molar-refractivity contribution in [1.29, 1.82) is 0 Å². The molecular formula is C12H12F2N2O3. The molecule has 7 heteroatoms. The van der Waals surface area contributed by atoms with Crippen LogP contribution in [0.5, 0.6) is 5.75 Å². The van der Waals surface area contributed by atoms with Crippen molar-refractivity contribution in [2.45, 2.75) is 26.6 Å². The Balaban J connectivity index is 2.72. The molecule has 1 heterocycles. The Hall–Kier alpha value is -2.02. The summed E-state index contributed by atoms with van der Waals surface area (Å²) in [5.74, 6) is -0.164. The van der Waals surface area contributed by atoms with Crippen LogP contribution in [0.3, 0.4) is 0 Å². The van der Waals surface area contributed by atoms with Gasteiger partial charge >= 0.3 is 6.61 Å². The van der Waals surface area contributed by atoms with E-state index in [2.05, 4.69) is 14.7 Å². The number of hydrogen-bond donors (Lipinski definition) is 2. The lowest BCUT2D eigenvalue weighted by atomic mass is 10.1. The highest BCUT2D eigenvalue weighted by atomic mass is 19.3. The fourth-order valence-corrected chi connectivity index (χ4v) is 1.77. The number of hydrogen-bond acceptors (Lipinski definition) is 4. The van der Waals surface area contributed by atoms with Crippen molar-refractivity contribution in [3.63, 3.8) is 0 Å².